The van der Waals surface area contributed by atoms with E-state index in [1.165, 1.54) is 13.8 Å². The van der Waals surface area contributed by atoms with Crippen LogP contribution in [0.15, 0.2) is 0 Å². The van der Waals surface area contributed by atoms with Crippen LogP contribution in [-0.2, 0) is 42.7 Å². The van der Waals surface area contributed by atoms with Gasteiger partial charge in [-0.1, -0.05) is 34.6 Å². The summed E-state index contributed by atoms with van der Waals surface area (Å²) in [4.78, 5) is 25.4. The standard InChI is InChI=1S/C36H62O23/c1-12(2)27-15(5)28(25(47)21(54-27)11-53-35(33(49)50)6-16(40)13(3)29(57-35)22(44)18(42)8-37)56-32-26(48)31(24(46)20(10-39)55-32)59-36(34(51)52)7-17(41)14(4)30(58-36)23(45)19(43)9-38/h12-32,37-48H,6-11H2,1-5H3,(H,49,50)(H,51,52)/t13-,14-,15-,16-,17-,18-,19-,20?,21?,22-,23-,24+,25?,26+,27?,28-,29?,30?,31?,32+,35-,36+/m1/s1. The average molecular weight is 863 g/mol. The molecule has 22 atom stereocenters. The molecule has 59 heavy (non-hydrogen) atoms. The highest BCUT2D eigenvalue weighted by molar-refractivity contribution is 5.76. The molecule has 4 fully saturated rings. The first-order valence-electron chi connectivity index (χ1n) is 19.6. The summed E-state index contributed by atoms with van der Waals surface area (Å²) >= 11 is 0. The van der Waals surface area contributed by atoms with Crippen molar-refractivity contribution in [3.05, 3.63) is 0 Å². The summed E-state index contributed by atoms with van der Waals surface area (Å²) in [6, 6.07) is 0. The molecule has 4 aliphatic rings. The Labute approximate surface area is 339 Å². The number of hydrogen-bond acceptors (Lipinski definition) is 21. The first-order chi connectivity index (χ1) is 27.5. The summed E-state index contributed by atoms with van der Waals surface area (Å²) < 4.78 is 40.8. The topological polar surface area (TPSA) is 382 Å². The van der Waals surface area contributed by atoms with Crippen molar-refractivity contribution in [3.63, 3.8) is 0 Å². The molecule has 0 aromatic carbocycles. The minimum absolute atomic E-state index is 0.312. The summed E-state index contributed by atoms with van der Waals surface area (Å²) in [5, 5.41) is 147. The number of carbonyl (C=O) groups is 2. The molecule has 14 N–H and O–H groups in total. The number of aliphatic hydroxyl groups is 12. The van der Waals surface area contributed by atoms with E-state index in [9.17, 15) is 81.1 Å². The molecule has 0 spiro atoms. The number of ether oxygens (including phenoxy) is 7. The molecule has 23 nitrogen and oxygen atoms in total. The predicted molar refractivity (Wildman–Crippen MR) is 190 cm³/mol. The van der Waals surface area contributed by atoms with Gasteiger partial charge in [-0.25, -0.2) is 9.59 Å². The Hall–Kier alpha value is -1.82. The highest BCUT2D eigenvalue weighted by Gasteiger charge is 2.60. The van der Waals surface area contributed by atoms with Crippen LogP contribution in [0, 0.1) is 23.7 Å². The van der Waals surface area contributed by atoms with Crippen LogP contribution in [0.2, 0.25) is 0 Å². The minimum atomic E-state index is -2.91. The molecule has 0 aliphatic carbocycles. The van der Waals surface area contributed by atoms with Gasteiger partial charge in [-0.2, -0.15) is 0 Å². The summed E-state index contributed by atoms with van der Waals surface area (Å²) in [6.45, 7) is 4.37. The van der Waals surface area contributed by atoms with Crippen LogP contribution in [-0.4, -0.2) is 225 Å². The van der Waals surface area contributed by atoms with Crippen LogP contribution in [0.25, 0.3) is 0 Å². The highest BCUT2D eigenvalue weighted by Crippen LogP contribution is 2.42. The SMILES string of the molecule is CC(C)C1OC(CO[C@]2(C(=O)O)C[C@@H](O)[C@@H](C)C([C@H](O)[C@H](O)CO)O2)C(O)[C@H](O[C@@H]2OC(CO)[C@H](O)C(O[C@]3(C(=O)O)C[C@@H](O)[C@@H](C)C([C@H](O)[C@H](O)CO)O3)[C@@H]2O)[C@@H]1C. The maximum absolute atomic E-state index is 12.8. The van der Waals surface area contributed by atoms with Gasteiger partial charge in [0.15, 0.2) is 6.29 Å². The van der Waals surface area contributed by atoms with Crippen molar-refractivity contribution >= 4 is 11.9 Å². The fraction of sp³-hybridized carbons (Fsp3) is 0.944. The molecule has 0 amide bonds. The van der Waals surface area contributed by atoms with Crippen molar-refractivity contribution < 1.29 is 114 Å². The molecule has 0 saturated carbocycles. The molecule has 23 heteroatoms. The maximum atomic E-state index is 12.8. The number of hydrogen-bond donors (Lipinski definition) is 14. The first-order valence-corrected chi connectivity index (χ1v) is 19.6. The molecule has 0 aromatic rings. The summed E-state index contributed by atoms with van der Waals surface area (Å²) in [6.07, 6.45) is -30.1. The molecule has 0 radical (unpaired) electrons. The third kappa shape index (κ3) is 10.2. The van der Waals surface area contributed by atoms with Gasteiger partial charge in [0, 0.05) is 30.6 Å². The molecule has 7 unspecified atom stereocenters. The van der Waals surface area contributed by atoms with E-state index in [-0.39, 0.29) is 5.92 Å². The molecular weight excluding hydrogens is 800 g/mol. The van der Waals surface area contributed by atoms with Crippen LogP contribution in [0.5, 0.6) is 0 Å². The van der Waals surface area contributed by atoms with Gasteiger partial charge in [-0.3, -0.25) is 0 Å². The van der Waals surface area contributed by atoms with Crippen molar-refractivity contribution in [1.29, 1.82) is 0 Å². The Kier molecular flexibility index (Phi) is 17.0. The molecule has 0 bridgehead atoms. The van der Waals surface area contributed by atoms with E-state index in [4.69, 9.17) is 33.2 Å². The summed E-state index contributed by atoms with van der Waals surface area (Å²) in [7, 11) is 0. The number of aliphatic hydroxyl groups excluding tert-OH is 12. The van der Waals surface area contributed by atoms with E-state index in [2.05, 4.69) is 0 Å². The fourth-order valence-corrected chi connectivity index (χ4v) is 8.20. The van der Waals surface area contributed by atoms with Crippen LogP contribution < -0.4 is 0 Å². The molecule has 344 valence electrons. The maximum Gasteiger partial charge on any atom is 0.364 e. The lowest BCUT2D eigenvalue weighted by Crippen LogP contribution is -2.68. The van der Waals surface area contributed by atoms with Crippen LogP contribution in [0.1, 0.15) is 47.5 Å². The van der Waals surface area contributed by atoms with Gasteiger partial charge in [0.25, 0.3) is 11.6 Å². The van der Waals surface area contributed by atoms with Gasteiger partial charge in [0.1, 0.15) is 61.0 Å². The number of carboxylic acids is 2. The Balaban J connectivity index is 1.61. The number of rotatable bonds is 17. The molecular formula is C36H62O23. The Morgan fingerprint density at radius 2 is 1.14 bits per heavy atom. The average Bonchev–Trinajstić information content (AvgIpc) is 3.19. The summed E-state index contributed by atoms with van der Waals surface area (Å²) in [5.74, 6) is -12.2. The lowest BCUT2D eigenvalue weighted by atomic mass is 9.82. The molecule has 0 aromatic heterocycles. The molecule has 4 saturated heterocycles. The van der Waals surface area contributed by atoms with Gasteiger partial charge in [-0.15, -0.1) is 0 Å². The minimum Gasteiger partial charge on any atom is -0.477 e. The van der Waals surface area contributed by atoms with Crippen molar-refractivity contribution in [1.82, 2.24) is 0 Å². The van der Waals surface area contributed by atoms with E-state index < -0.39 is 184 Å². The van der Waals surface area contributed by atoms with E-state index in [0.29, 0.717) is 0 Å². The third-order valence-electron chi connectivity index (χ3n) is 12.0. The predicted octanol–water partition coefficient (Wildman–Crippen LogP) is -5.81. The van der Waals surface area contributed by atoms with Crippen LogP contribution >= 0.6 is 0 Å². The zero-order chi connectivity index (χ0) is 44.5. The van der Waals surface area contributed by atoms with Crippen molar-refractivity contribution in [2.24, 2.45) is 23.7 Å². The second-order valence-corrected chi connectivity index (χ2v) is 16.5. The smallest absolute Gasteiger partial charge is 0.364 e. The lowest BCUT2D eigenvalue weighted by Gasteiger charge is -2.51. The second kappa shape index (κ2) is 20.1. The number of carboxylic acid groups (broad SMARTS) is 2. The van der Waals surface area contributed by atoms with Gasteiger partial charge in [0.05, 0.1) is 63.1 Å². The molecule has 4 heterocycles. The first kappa shape index (κ1) is 49.8. The van der Waals surface area contributed by atoms with Crippen LogP contribution in [0.4, 0.5) is 0 Å². The van der Waals surface area contributed by atoms with Gasteiger partial charge < -0.3 is 105 Å². The van der Waals surface area contributed by atoms with E-state index in [0.717, 1.165) is 0 Å². The zero-order valence-corrected chi connectivity index (χ0v) is 33.3. The Morgan fingerprint density at radius 1 is 0.661 bits per heavy atom. The quantitative estimate of drug-likeness (QED) is 0.0647. The molecule has 4 rings (SSSR count). The monoisotopic (exact) mass is 862 g/mol. The van der Waals surface area contributed by atoms with E-state index >= 15 is 0 Å². The van der Waals surface area contributed by atoms with E-state index in [1.54, 1.807) is 20.8 Å². The van der Waals surface area contributed by atoms with Crippen LogP contribution in [0.3, 0.4) is 0 Å². The summed E-state index contributed by atoms with van der Waals surface area (Å²) in [5.41, 5.74) is 0. The van der Waals surface area contributed by atoms with Gasteiger partial charge in [0.2, 0.25) is 0 Å². The Morgan fingerprint density at radius 3 is 1.59 bits per heavy atom. The largest absolute Gasteiger partial charge is 0.477 e. The van der Waals surface area contributed by atoms with Crippen molar-refractivity contribution in [2.75, 3.05) is 26.4 Å². The van der Waals surface area contributed by atoms with Crippen molar-refractivity contribution in [2.45, 2.75) is 163 Å². The van der Waals surface area contributed by atoms with E-state index in [1.807, 2.05) is 0 Å². The third-order valence-corrected chi connectivity index (χ3v) is 12.0. The lowest BCUT2D eigenvalue weighted by molar-refractivity contribution is -0.383. The van der Waals surface area contributed by atoms with Crippen molar-refractivity contribution in [3.8, 4) is 0 Å². The Bertz CT molecular complexity index is 1380. The van der Waals surface area contributed by atoms with Gasteiger partial charge >= 0.3 is 11.9 Å². The normalized spacial score (nSPS) is 45.4. The highest BCUT2D eigenvalue weighted by atomic mass is 16.8. The van der Waals surface area contributed by atoms with Gasteiger partial charge in [-0.05, 0) is 5.92 Å². The number of aliphatic carboxylic acids is 2. The molecule has 4 aliphatic heterocycles. The second-order valence-electron chi connectivity index (χ2n) is 16.5. The zero-order valence-electron chi connectivity index (χ0n) is 33.3. The fourth-order valence-electron chi connectivity index (χ4n) is 8.20.